The summed E-state index contributed by atoms with van der Waals surface area (Å²) >= 11 is 6.25. The van der Waals surface area contributed by atoms with E-state index in [4.69, 9.17) is 11.6 Å². The lowest BCUT2D eigenvalue weighted by Crippen LogP contribution is -2.25. The maximum Gasteiger partial charge on any atom is 0.0536 e. The molecule has 0 N–H and O–H groups in total. The average molecular weight is 347 g/mol. The van der Waals surface area contributed by atoms with E-state index in [0.29, 0.717) is 6.04 Å². The number of benzene rings is 2. The van der Waals surface area contributed by atoms with Crippen molar-refractivity contribution in [1.29, 1.82) is 0 Å². The van der Waals surface area contributed by atoms with Gasteiger partial charge in [0.15, 0.2) is 0 Å². The summed E-state index contributed by atoms with van der Waals surface area (Å²) in [5.74, 6) is 0. The monoisotopic (exact) mass is 346 g/mol. The molecule has 0 unspecified atom stereocenters. The van der Waals surface area contributed by atoms with Crippen molar-refractivity contribution in [3.63, 3.8) is 0 Å². The van der Waals surface area contributed by atoms with Crippen molar-refractivity contribution in [2.75, 3.05) is 0 Å². The molecule has 1 aliphatic rings. The molecule has 4 rings (SSSR count). The number of nitrogens with zero attached hydrogens (tertiary/aromatic N) is 2. The highest BCUT2D eigenvalue weighted by molar-refractivity contribution is 6.31. The topological polar surface area (TPSA) is 8.17 Å². The van der Waals surface area contributed by atoms with Crippen molar-refractivity contribution in [2.24, 2.45) is 0 Å². The fourth-order valence-electron chi connectivity index (χ4n) is 3.41. The fraction of sp³-hybridized carbons (Fsp3) is 0.263. The molecular weight excluding hydrogens is 327 g/mol. The maximum absolute atomic E-state index is 6.25. The SMILES string of the molecule is CC(C)N1Cc2c(n(-c3ccccc3)c3ccc(Cl)cc23)C1.Cl. The summed E-state index contributed by atoms with van der Waals surface area (Å²) in [4.78, 5) is 2.50. The minimum absolute atomic E-state index is 0. The van der Waals surface area contributed by atoms with E-state index >= 15 is 0 Å². The first-order valence-corrected chi connectivity index (χ1v) is 8.14. The van der Waals surface area contributed by atoms with Crippen LogP contribution in [0.4, 0.5) is 0 Å². The van der Waals surface area contributed by atoms with E-state index in [1.165, 1.54) is 27.8 Å². The molecule has 0 radical (unpaired) electrons. The summed E-state index contributed by atoms with van der Waals surface area (Å²) in [6.45, 7) is 6.51. The van der Waals surface area contributed by atoms with Gasteiger partial charge in [-0.25, -0.2) is 0 Å². The summed E-state index contributed by atoms with van der Waals surface area (Å²) in [6, 6.07) is 17.4. The Kier molecular flexibility index (Phi) is 4.41. The Morgan fingerprint density at radius 2 is 1.74 bits per heavy atom. The lowest BCUT2D eigenvalue weighted by molar-refractivity contribution is 0.225. The maximum atomic E-state index is 6.25. The Hall–Kier alpha value is -1.48. The number of hydrogen-bond donors (Lipinski definition) is 0. The van der Waals surface area contributed by atoms with Crippen LogP contribution in [-0.2, 0) is 13.1 Å². The van der Waals surface area contributed by atoms with Crippen molar-refractivity contribution >= 4 is 34.9 Å². The molecule has 0 amide bonds. The molecule has 2 aromatic carbocycles. The van der Waals surface area contributed by atoms with Gasteiger partial charge in [-0.1, -0.05) is 29.8 Å². The standard InChI is InChI=1S/C19H19ClN2.ClH/c1-13(2)21-11-17-16-10-14(20)8-9-18(16)22(19(17)12-21)15-6-4-3-5-7-15;/h3-10,13H,11-12H2,1-2H3;1H. The number of aromatic nitrogens is 1. The molecule has 1 aromatic heterocycles. The van der Waals surface area contributed by atoms with Crippen LogP contribution in [0.2, 0.25) is 5.02 Å². The fourth-order valence-corrected chi connectivity index (χ4v) is 3.58. The first-order chi connectivity index (χ1) is 10.6. The van der Waals surface area contributed by atoms with Gasteiger partial charge in [0.2, 0.25) is 0 Å². The van der Waals surface area contributed by atoms with Gasteiger partial charge in [-0.3, -0.25) is 4.90 Å². The summed E-state index contributed by atoms with van der Waals surface area (Å²) in [7, 11) is 0. The van der Waals surface area contributed by atoms with Gasteiger partial charge >= 0.3 is 0 Å². The molecule has 0 bridgehead atoms. The second-order valence-corrected chi connectivity index (χ2v) is 6.69. The van der Waals surface area contributed by atoms with E-state index in [0.717, 1.165) is 18.1 Å². The van der Waals surface area contributed by atoms with Crippen molar-refractivity contribution in [3.8, 4) is 5.69 Å². The van der Waals surface area contributed by atoms with Gasteiger partial charge < -0.3 is 4.57 Å². The Morgan fingerprint density at radius 1 is 1.00 bits per heavy atom. The van der Waals surface area contributed by atoms with Gasteiger partial charge in [0.1, 0.15) is 0 Å². The highest BCUT2D eigenvalue weighted by atomic mass is 35.5. The minimum Gasteiger partial charge on any atom is -0.312 e. The van der Waals surface area contributed by atoms with Crippen molar-refractivity contribution < 1.29 is 0 Å². The van der Waals surface area contributed by atoms with Crippen LogP contribution in [0, 0.1) is 0 Å². The van der Waals surface area contributed by atoms with E-state index in [9.17, 15) is 0 Å². The summed E-state index contributed by atoms with van der Waals surface area (Å²) in [6.07, 6.45) is 0. The molecule has 2 heterocycles. The summed E-state index contributed by atoms with van der Waals surface area (Å²) in [5.41, 5.74) is 5.30. The Balaban J connectivity index is 0.00000156. The third-order valence-electron chi connectivity index (χ3n) is 4.60. The molecule has 120 valence electrons. The number of halogens is 2. The lowest BCUT2D eigenvalue weighted by atomic mass is 10.1. The normalized spacial score (nSPS) is 14.3. The van der Waals surface area contributed by atoms with Crippen molar-refractivity contribution in [3.05, 3.63) is 64.8 Å². The predicted molar refractivity (Wildman–Crippen MR) is 99.9 cm³/mol. The van der Waals surface area contributed by atoms with Crippen LogP contribution in [-0.4, -0.2) is 15.5 Å². The van der Waals surface area contributed by atoms with Crippen LogP contribution in [0.5, 0.6) is 0 Å². The molecule has 0 saturated heterocycles. The van der Waals surface area contributed by atoms with E-state index < -0.39 is 0 Å². The third-order valence-corrected chi connectivity index (χ3v) is 4.84. The van der Waals surface area contributed by atoms with Crippen LogP contribution >= 0.6 is 24.0 Å². The molecule has 0 atom stereocenters. The minimum atomic E-state index is 0. The lowest BCUT2D eigenvalue weighted by Gasteiger charge is -2.21. The molecule has 0 spiro atoms. The Morgan fingerprint density at radius 3 is 2.43 bits per heavy atom. The highest BCUT2D eigenvalue weighted by Crippen LogP contribution is 2.37. The predicted octanol–water partition coefficient (Wildman–Crippen LogP) is 5.43. The van der Waals surface area contributed by atoms with Crippen LogP contribution in [0.1, 0.15) is 25.1 Å². The number of para-hydroxylation sites is 1. The third kappa shape index (κ3) is 2.65. The number of hydrogen-bond acceptors (Lipinski definition) is 1. The second-order valence-electron chi connectivity index (χ2n) is 6.26. The molecule has 23 heavy (non-hydrogen) atoms. The smallest absolute Gasteiger partial charge is 0.0536 e. The molecule has 4 heteroatoms. The molecule has 0 fully saturated rings. The molecule has 1 aliphatic heterocycles. The van der Waals surface area contributed by atoms with Crippen LogP contribution in [0.3, 0.4) is 0 Å². The van der Waals surface area contributed by atoms with E-state index in [-0.39, 0.29) is 12.4 Å². The van der Waals surface area contributed by atoms with Gasteiger partial charge in [0.25, 0.3) is 0 Å². The van der Waals surface area contributed by atoms with Gasteiger partial charge in [-0.2, -0.15) is 0 Å². The van der Waals surface area contributed by atoms with Crippen LogP contribution in [0.15, 0.2) is 48.5 Å². The second kappa shape index (κ2) is 6.20. The molecule has 0 saturated carbocycles. The average Bonchev–Trinajstić information content (AvgIpc) is 3.05. The molecule has 0 aliphatic carbocycles. The zero-order chi connectivity index (χ0) is 15.3. The van der Waals surface area contributed by atoms with Gasteiger partial charge in [-0.15, -0.1) is 12.4 Å². The molecular formula is C19H20Cl2N2. The Labute approximate surface area is 148 Å². The number of fused-ring (bicyclic) bond motifs is 3. The van der Waals surface area contributed by atoms with Crippen molar-refractivity contribution in [2.45, 2.75) is 33.0 Å². The van der Waals surface area contributed by atoms with Gasteiger partial charge in [0, 0.05) is 40.9 Å². The van der Waals surface area contributed by atoms with Crippen LogP contribution in [0.25, 0.3) is 16.6 Å². The zero-order valence-electron chi connectivity index (χ0n) is 13.3. The van der Waals surface area contributed by atoms with E-state index in [2.05, 4.69) is 65.8 Å². The van der Waals surface area contributed by atoms with Crippen molar-refractivity contribution in [1.82, 2.24) is 9.47 Å². The van der Waals surface area contributed by atoms with Crippen LogP contribution < -0.4 is 0 Å². The quantitative estimate of drug-likeness (QED) is 0.600. The number of rotatable bonds is 2. The summed E-state index contributed by atoms with van der Waals surface area (Å²) in [5, 5.41) is 2.10. The largest absolute Gasteiger partial charge is 0.312 e. The first kappa shape index (κ1) is 16.4. The van der Waals surface area contributed by atoms with E-state index in [1.54, 1.807) is 0 Å². The molecule has 3 aromatic rings. The van der Waals surface area contributed by atoms with Gasteiger partial charge in [-0.05, 0) is 49.7 Å². The molecule has 2 nitrogen and oxygen atoms in total. The Bertz CT molecular complexity index is 837. The summed E-state index contributed by atoms with van der Waals surface area (Å²) < 4.78 is 2.39. The zero-order valence-corrected chi connectivity index (χ0v) is 14.9. The highest BCUT2D eigenvalue weighted by Gasteiger charge is 2.28. The first-order valence-electron chi connectivity index (χ1n) is 7.76. The van der Waals surface area contributed by atoms with E-state index in [1.807, 2.05) is 6.07 Å². The van der Waals surface area contributed by atoms with Gasteiger partial charge in [0.05, 0.1) is 5.52 Å².